The first-order valence-electron chi connectivity index (χ1n) is 13.4. The molecule has 39 heavy (non-hydrogen) atoms. The predicted molar refractivity (Wildman–Crippen MR) is 141 cm³/mol. The Morgan fingerprint density at radius 1 is 1.28 bits per heavy atom. The summed E-state index contributed by atoms with van der Waals surface area (Å²) in [5.74, 6) is 0.598. The third-order valence-electron chi connectivity index (χ3n) is 6.86. The molecule has 0 aromatic carbocycles. The highest BCUT2D eigenvalue weighted by atomic mass is 19.1. The van der Waals surface area contributed by atoms with Crippen molar-refractivity contribution in [1.29, 1.82) is 0 Å². The molecule has 2 aliphatic heterocycles. The molecule has 11 heteroatoms. The van der Waals surface area contributed by atoms with Crippen LogP contribution in [0.15, 0.2) is 35.9 Å². The highest BCUT2D eigenvalue weighted by Crippen LogP contribution is 2.33. The first kappa shape index (κ1) is 30.6. The van der Waals surface area contributed by atoms with E-state index in [-0.39, 0.29) is 50.8 Å². The average molecular weight is 553 g/mol. The number of carbonyl (C=O) groups excluding carboxylic acids is 1. The van der Waals surface area contributed by atoms with Gasteiger partial charge in [-0.15, -0.1) is 5.10 Å². The Bertz CT molecular complexity index is 1030. The van der Waals surface area contributed by atoms with Gasteiger partial charge in [0.1, 0.15) is 12.4 Å². The molecule has 3 unspecified atom stereocenters. The smallest absolute Gasteiger partial charge is 0.502 e. The fraction of sp³-hybridized carbons (Fsp3) is 0.643. The molecule has 1 N–H and O–H groups in total. The molecular formula is C28H41FN2O8. The van der Waals surface area contributed by atoms with Crippen LogP contribution in [0.25, 0.3) is 0 Å². The van der Waals surface area contributed by atoms with Crippen molar-refractivity contribution in [2.24, 2.45) is 0 Å². The quantitative estimate of drug-likeness (QED) is 0.221. The van der Waals surface area contributed by atoms with Crippen molar-refractivity contribution in [2.45, 2.75) is 83.8 Å². The molecule has 0 radical (unpaired) electrons. The van der Waals surface area contributed by atoms with Crippen LogP contribution in [0.5, 0.6) is 5.88 Å². The number of nitrogens with zero attached hydrogens (tertiary/aromatic N) is 2. The van der Waals surface area contributed by atoms with Crippen molar-refractivity contribution >= 4 is 6.16 Å². The van der Waals surface area contributed by atoms with Gasteiger partial charge in [-0.3, -0.25) is 4.68 Å². The van der Waals surface area contributed by atoms with Crippen LogP contribution >= 0.6 is 0 Å². The molecule has 0 aliphatic carbocycles. The second-order valence-electron chi connectivity index (χ2n) is 9.62. The van der Waals surface area contributed by atoms with E-state index in [4.69, 9.17) is 33.5 Å². The molecule has 1 aromatic heterocycles. The largest absolute Gasteiger partial charge is 0.508 e. The van der Waals surface area contributed by atoms with Gasteiger partial charge in [-0.2, -0.15) is 0 Å². The Labute approximate surface area is 229 Å². The van der Waals surface area contributed by atoms with Crippen LogP contribution in [-0.2, 0) is 30.1 Å². The third-order valence-corrected chi connectivity index (χ3v) is 6.86. The Kier molecular flexibility index (Phi) is 11.8. The van der Waals surface area contributed by atoms with Gasteiger partial charge in [0.05, 0.1) is 37.7 Å². The number of aliphatic hydroxyl groups excluding tert-OH is 1. The standard InChI is InChI=1S/C28H41FN2O8/c1-6-20(25(29)9-8-18(3)34-5)14-24-19(4)31(21-10-12-35-13-11-21)30-27(24)39-26-16-22(32)15-23(38-26)17-37-28(33)36-7-2/h6,8,21-23,26,32H,1,7,9-17H2,2-5H3/b18-8+,25-20-. The van der Waals surface area contributed by atoms with Crippen LogP contribution in [-0.4, -0.2) is 73.1 Å². The molecule has 0 bridgehead atoms. The maximum atomic E-state index is 15.2. The third kappa shape index (κ3) is 8.81. The lowest BCUT2D eigenvalue weighted by molar-refractivity contribution is -0.187. The van der Waals surface area contributed by atoms with Crippen molar-refractivity contribution in [3.63, 3.8) is 0 Å². The maximum Gasteiger partial charge on any atom is 0.508 e. The monoisotopic (exact) mass is 552 g/mol. The molecular weight excluding hydrogens is 511 g/mol. The molecule has 3 atom stereocenters. The minimum atomic E-state index is -0.839. The van der Waals surface area contributed by atoms with Crippen molar-refractivity contribution in [2.75, 3.05) is 33.5 Å². The minimum Gasteiger partial charge on any atom is -0.502 e. The Hall–Kier alpha value is -2.89. The Morgan fingerprint density at radius 2 is 2.03 bits per heavy atom. The van der Waals surface area contributed by atoms with Crippen LogP contribution in [0.1, 0.15) is 63.3 Å². The van der Waals surface area contributed by atoms with Gasteiger partial charge in [-0.25, -0.2) is 9.18 Å². The molecule has 2 saturated heterocycles. The van der Waals surface area contributed by atoms with Crippen LogP contribution < -0.4 is 4.74 Å². The molecule has 218 valence electrons. The number of aliphatic hydroxyl groups is 1. The van der Waals surface area contributed by atoms with E-state index in [0.717, 1.165) is 18.5 Å². The topological polar surface area (TPSA) is 110 Å². The number of halogens is 1. The van der Waals surface area contributed by atoms with Gasteiger partial charge in [0.2, 0.25) is 12.2 Å². The van der Waals surface area contributed by atoms with E-state index in [1.54, 1.807) is 19.9 Å². The van der Waals surface area contributed by atoms with Gasteiger partial charge < -0.3 is 33.5 Å². The van der Waals surface area contributed by atoms with Crippen molar-refractivity contribution in [1.82, 2.24) is 9.78 Å². The van der Waals surface area contributed by atoms with Crippen molar-refractivity contribution in [3.8, 4) is 5.88 Å². The highest BCUT2D eigenvalue weighted by molar-refractivity contribution is 5.59. The minimum absolute atomic E-state index is 0.0738. The Balaban J connectivity index is 1.85. The number of ether oxygens (including phenoxy) is 6. The van der Waals surface area contributed by atoms with Crippen molar-refractivity contribution in [3.05, 3.63) is 47.1 Å². The summed E-state index contributed by atoms with van der Waals surface area (Å²) in [5, 5.41) is 15.2. The summed E-state index contributed by atoms with van der Waals surface area (Å²) in [6.07, 6.45) is 2.61. The van der Waals surface area contributed by atoms with Gasteiger partial charge in [0.25, 0.3) is 0 Å². The zero-order chi connectivity index (χ0) is 28.4. The normalized spacial score (nSPS) is 23.1. The maximum absolute atomic E-state index is 15.2. The van der Waals surface area contributed by atoms with E-state index in [1.165, 1.54) is 13.2 Å². The number of rotatable bonds is 12. The van der Waals surface area contributed by atoms with Gasteiger partial charge in [0.15, 0.2) is 0 Å². The molecule has 3 rings (SSSR count). The summed E-state index contributed by atoms with van der Waals surface area (Å²) in [6.45, 7) is 10.6. The molecule has 2 fully saturated rings. The summed E-state index contributed by atoms with van der Waals surface area (Å²) in [7, 11) is 1.54. The van der Waals surface area contributed by atoms with Crippen LogP contribution in [0.4, 0.5) is 9.18 Å². The molecule has 0 saturated carbocycles. The Morgan fingerprint density at radius 3 is 2.69 bits per heavy atom. The summed E-state index contributed by atoms with van der Waals surface area (Å²) >= 11 is 0. The van der Waals surface area contributed by atoms with Gasteiger partial charge in [-0.1, -0.05) is 12.7 Å². The lowest BCUT2D eigenvalue weighted by Crippen LogP contribution is -2.41. The zero-order valence-corrected chi connectivity index (χ0v) is 23.3. The van der Waals surface area contributed by atoms with Crippen molar-refractivity contribution < 1.29 is 42.7 Å². The molecule has 2 aliphatic rings. The zero-order valence-electron chi connectivity index (χ0n) is 23.3. The van der Waals surface area contributed by atoms with Crippen LogP contribution in [0.2, 0.25) is 0 Å². The van der Waals surface area contributed by atoms with E-state index in [0.29, 0.717) is 36.0 Å². The molecule has 1 aromatic rings. The van der Waals surface area contributed by atoms with Crippen LogP contribution in [0, 0.1) is 6.92 Å². The van der Waals surface area contributed by atoms with Gasteiger partial charge in [0, 0.05) is 50.2 Å². The number of carbonyl (C=O) groups is 1. The van der Waals surface area contributed by atoms with E-state index in [9.17, 15) is 9.90 Å². The van der Waals surface area contributed by atoms with E-state index in [1.807, 2.05) is 11.6 Å². The number of hydrogen-bond donors (Lipinski definition) is 1. The molecule has 10 nitrogen and oxygen atoms in total. The molecule has 0 amide bonds. The number of methoxy groups -OCH3 is 1. The van der Waals surface area contributed by atoms with Gasteiger partial charge in [-0.05, 0) is 45.3 Å². The van der Waals surface area contributed by atoms with E-state index in [2.05, 4.69) is 6.58 Å². The van der Waals surface area contributed by atoms with Gasteiger partial charge >= 0.3 is 6.16 Å². The van der Waals surface area contributed by atoms with Crippen LogP contribution in [0.3, 0.4) is 0 Å². The fourth-order valence-corrected chi connectivity index (χ4v) is 4.60. The number of aromatic nitrogens is 2. The fourth-order valence-electron chi connectivity index (χ4n) is 4.60. The lowest BCUT2D eigenvalue weighted by atomic mass is 10.0. The highest BCUT2D eigenvalue weighted by Gasteiger charge is 2.33. The number of hydrogen-bond acceptors (Lipinski definition) is 9. The summed E-state index contributed by atoms with van der Waals surface area (Å²) in [4.78, 5) is 11.6. The first-order chi connectivity index (χ1) is 18.7. The average Bonchev–Trinajstić information content (AvgIpc) is 3.23. The number of allylic oxidation sites excluding steroid dienone is 5. The SMILES string of the molecule is C=C/C(Cc1c(OC2CC(O)CC(COC(=O)OCC)O2)nn(C2CCOCC2)c1C)=C(/F)C/C=C(\C)OC. The predicted octanol–water partition coefficient (Wildman–Crippen LogP) is 4.85. The molecule has 3 heterocycles. The summed E-state index contributed by atoms with van der Waals surface area (Å²) in [5.41, 5.74) is 1.98. The molecule has 0 spiro atoms. The van der Waals surface area contributed by atoms with E-state index < -0.39 is 24.7 Å². The first-order valence-corrected chi connectivity index (χ1v) is 13.4. The summed E-state index contributed by atoms with van der Waals surface area (Å²) in [6, 6.07) is 0.117. The van der Waals surface area contributed by atoms with E-state index >= 15 is 4.39 Å². The second-order valence-corrected chi connectivity index (χ2v) is 9.62. The second kappa shape index (κ2) is 15.0. The summed E-state index contributed by atoms with van der Waals surface area (Å²) < 4.78 is 49.8. The lowest BCUT2D eigenvalue weighted by Gasteiger charge is -2.32.